The van der Waals surface area contributed by atoms with Crippen LogP contribution in [-0.2, 0) is 17.0 Å². The van der Waals surface area contributed by atoms with E-state index in [1.807, 2.05) is 12.1 Å². The van der Waals surface area contributed by atoms with Crippen LogP contribution in [0, 0.1) is 6.92 Å². The Labute approximate surface area is 202 Å². The highest BCUT2D eigenvalue weighted by molar-refractivity contribution is 8.13. The summed E-state index contributed by atoms with van der Waals surface area (Å²) in [6.07, 6.45) is 0.0872. The SMILES string of the molecule is Cc1oc(=O)oc1CSC(=O)C(Cc1cc(=O)[nH]c2ccccc12)NC(=O)c1ccc(Cl)cc1. The Morgan fingerprint density at radius 2 is 1.82 bits per heavy atom. The van der Waals surface area contributed by atoms with Crippen molar-refractivity contribution in [2.24, 2.45) is 0 Å². The quantitative estimate of drug-likeness (QED) is 0.397. The molecule has 0 aliphatic carbocycles. The molecule has 0 saturated carbocycles. The second kappa shape index (κ2) is 10.1. The van der Waals surface area contributed by atoms with E-state index in [1.165, 1.54) is 6.07 Å². The Kier molecular flexibility index (Phi) is 7.04. The number of halogens is 1. The Bertz CT molecular complexity index is 1470. The molecule has 1 amide bonds. The minimum atomic E-state index is -0.961. The zero-order chi connectivity index (χ0) is 24.2. The molecule has 4 aromatic rings. The smallest absolute Gasteiger partial charge is 0.396 e. The maximum absolute atomic E-state index is 13.2. The van der Waals surface area contributed by atoms with E-state index in [-0.39, 0.29) is 34.4 Å². The van der Waals surface area contributed by atoms with Crippen LogP contribution >= 0.6 is 23.4 Å². The van der Waals surface area contributed by atoms with E-state index in [4.69, 9.17) is 20.4 Å². The summed E-state index contributed by atoms with van der Waals surface area (Å²) in [6, 6.07) is 13.9. The van der Waals surface area contributed by atoms with Crippen LogP contribution in [0.5, 0.6) is 0 Å². The lowest BCUT2D eigenvalue weighted by atomic mass is 10.0. The average Bonchev–Trinajstić information content (AvgIpc) is 3.13. The minimum Gasteiger partial charge on any atom is -0.396 e. The summed E-state index contributed by atoms with van der Waals surface area (Å²) in [5.41, 5.74) is 1.26. The summed E-state index contributed by atoms with van der Waals surface area (Å²) in [7, 11) is 0. The van der Waals surface area contributed by atoms with E-state index in [0.29, 0.717) is 21.7 Å². The molecule has 0 fully saturated rings. The van der Waals surface area contributed by atoms with Crippen molar-refractivity contribution in [1.29, 1.82) is 0 Å². The van der Waals surface area contributed by atoms with Crippen molar-refractivity contribution in [3.05, 3.63) is 103 Å². The van der Waals surface area contributed by atoms with Gasteiger partial charge >= 0.3 is 5.82 Å². The van der Waals surface area contributed by atoms with Crippen molar-refractivity contribution in [3.63, 3.8) is 0 Å². The number of nitrogens with one attached hydrogen (secondary N) is 2. The van der Waals surface area contributed by atoms with Crippen molar-refractivity contribution in [2.45, 2.75) is 25.1 Å². The molecule has 2 aromatic carbocycles. The van der Waals surface area contributed by atoms with Gasteiger partial charge < -0.3 is 19.1 Å². The van der Waals surface area contributed by atoms with Crippen LogP contribution in [0.25, 0.3) is 10.9 Å². The number of pyridine rings is 1. The van der Waals surface area contributed by atoms with E-state index in [2.05, 4.69) is 10.3 Å². The van der Waals surface area contributed by atoms with Gasteiger partial charge in [-0.3, -0.25) is 14.4 Å². The van der Waals surface area contributed by atoms with Crippen LogP contribution < -0.4 is 16.7 Å². The molecule has 174 valence electrons. The maximum Gasteiger partial charge on any atom is 0.519 e. The number of para-hydroxylation sites is 1. The summed E-state index contributed by atoms with van der Waals surface area (Å²) < 4.78 is 9.79. The molecule has 1 unspecified atom stereocenters. The zero-order valence-electron chi connectivity index (χ0n) is 17.9. The van der Waals surface area contributed by atoms with Gasteiger partial charge in [0.1, 0.15) is 11.8 Å². The van der Waals surface area contributed by atoms with E-state index < -0.39 is 17.8 Å². The maximum atomic E-state index is 13.2. The Hall–Kier alpha value is -3.56. The van der Waals surface area contributed by atoms with Gasteiger partial charge in [-0.1, -0.05) is 41.6 Å². The van der Waals surface area contributed by atoms with Crippen molar-refractivity contribution in [3.8, 4) is 0 Å². The van der Waals surface area contributed by atoms with E-state index in [0.717, 1.165) is 17.1 Å². The predicted octanol–water partition coefficient (Wildman–Crippen LogP) is 3.84. The summed E-state index contributed by atoms with van der Waals surface area (Å²) in [5, 5.41) is 3.64. The van der Waals surface area contributed by atoms with Crippen molar-refractivity contribution < 1.29 is 18.4 Å². The lowest BCUT2D eigenvalue weighted by molar-refractivity contribution is -0.112. The number of amides is 1. The number of benzene rings is 2. The van der Waals surface area contributed by atoms with Crippen LogP contribution in [0.4, 0.5) is 0 Å². The predicted molar refractivity (Wildman–Crippen MR) is 129 cm³/mol. The molecular weight excluding hydrogens is 480 g/mol. The van der Waals surface area contributed by atoms with E-state index >= 15 is 0 Å². The minimum absolute atomic E-state index is 0.0554. The average molecular weight is 499 g/mol. The third-order valence-electron chi connectivity index (χ3n) is 5.14. The molecule has 0 radical (unpaired) electrons. The number of rotatable bonds is 7. The summed E-state index contributed by atoms with van der Waals surface area (Å²) in [6.45, 7) is 1.56. The third kappa shape index (κ3) is 5.49. The second-order valence-electron chi connectivity index (χ2n) is 7.48. The number of carbonyl (C=O) groups excluding carboxylic acids is 2. The number of hydrogen-bond acceptors (Lipinski definition) is 7. The van der Waals surface area contributed by atoms with Gasteiger partial charge in [0.15, 0.2) is 5.76 Å². The molecular formula is C24H19ClN2O6S. The molecule has 0 bridgehead atoms. The van der Waals surface area contributed by atoms with Crippen molar-refractivity contribution in [1.82, 2.24) is 10.3 Å². The highest BCUT2D eigenvalue weighted by Gasteiger charge is 2.25. The Morgan fingerprint density at radius 1 is 1.09 bits per heavy atom. The summed E-state index contributed by atoms with van der Waals surface area (Å²) in [4.78, 5) is 52.3. The molecule has 34 heavy (non-hydrogen) atoms. The van der Waals surface area contributed by atoms with Gasteiger partial charge in [0.05, 0.1) is 5.75 Å². The third-order valence-corrected chi connectivity index (χ3v) is 6.37. The number of H-pyrrole nitrogens is 1. The molecule has 1 atom stereocenters. The summed E-state index contributed by atoms with van der Waals surface area (Å²) in [5.74, 6) is -0.723. The van der Waals surface area contributed by atoms with Gasteiger partial charge in [-0.15, -0.1) is 0 Å². The first-order valence-electron chi connectivity index (χ1n) is 10.2. The first-order valence-corrected chi connectivity index (χ1v) is 11.6. The van der Waals surface area contributed by atoms with Gasteiger partial charge in [-0.2, -0.15) is 0 Å². The second-order valence-corrected chi connectivity index (χ2v) is 8.90. The largest absolute Gasteiger partial charge is 0.519 e. The van der Waals surface area contributed by atoms with Crippen molar-refractivity contribution >= 4 is 45.3 Å². The molecule has 2 heterocycles. The number of carbonyl (C=O) groups is 2. The number of aromatic amines is 1. The fourth-order valence-electron chi connectivity index (χ4n) is 3.45. The van der Waals surface area contributed by atoms with Crippen molar-refractivity contribution in [2.75, 3.05) is 0 Å². The standard InChI is InChI=1S/C24H19ClN2O6S/c1-13-20(33-24(31)32-13)12-34-23(30)19(27-22(29)14-6-8-16(25)9-7-14)10-15-11-21(28)26-18-5-3-2-4-17(15)18/h2-9,11,19H,10,12H2,1H3,(H,26,28)(H,27,29). The molecule has 10 heteroatoms. The highest BCUT2D eigenvalue weighted by Crippen LogP contribution is 2.22. The molecule has 0 aliphatic rings. The number of thioether (sulfide) groups is 1. The van der Waals surface area contributed by atoms with Gasteiger partial charge in [0.2, 0.25) is 10.7 Å². The number of fused-ring (bicyclic) bond motifs is 1. The number of hydrogen-bond donors (Lipinski definition) is 2. The first-order chi connectivity index (χ1) is 16.3. The number of aromatic nitrogens is 1. The molecule has 4 rings (SSSR count). The lowest BCUT2D eigenvalue weighted by Gasteiger charge is -2.18. The monoisotopic (exact) mass is 498 g/mol. The Balaban J connectivity index is 1.62. The molecule has 0 aliphatic heterocycles. The lowest BCUT2D eigenvalue weighted by Crippen LogP contribution is -2.41. The van der Waals surface area contributed by atoms with Crippen LogP contribution in [0.2, 0.25) is 5.02 Å². The molecule has 8 nitrogen and oxygen atoms in total. The number of aryl methyl sites for hydroxylation is 1. The van der Waals surface area contributed by atoms with Crippen LogP contribution in [0.15, 0.2) is 73.0 Å². The van der Waals surface area contributed by atoms with Crippen LogP contribution in [-0.4, -0.2) is 22.0 Å². The van der Waals surface area contributed by atoms with Crippen LogP contribution in [0.1, 0.15) is 27.4 Å². The topological polar surface area (TPSA) is 122 Å². The fraction of sp³-hybridized carbons (Fsp3) is 0.167. The van der Waals surface area contributed by atoms with E-state index in [1.54, 1.807) is 43.3 Å². The van der Waals surface area contributed by atoms with Gasteiger partial charge in [0.25, 0.3) is 5.91 Å². The molecule has 2 N–H and O–H groups in total. The van der Waals surface area contributed by atoms with Gasteiger partial charge in [0, 0.05) is 34.0 Å². The van der Waals surface area contributed by atoms with Crippen LogP contribution in [0.3, 0.4) is 0 Å². The normalized spacial score (nSPS) is 11.9. The molecule has 0 spiro atoms. The Morgan fingerprint density at radius 3 is 2.53 bits per heavy atom. The molecule has 0 saturated heterocycles. The first kappa shape index (κ1) is 23.6. The molecule has 2 aromatic heterocycles. The van der Waals surface area contributed by atoms with E-state index in [9.17, 15) is 19.2 Å². The fourth-order valence-corrected chi connectivity index (χ4v) is 4.45. The summed E-state index contributed by atoms with van der Waals surface area (Å²) >= 11 is 6.78. The van der Waals surface area contributed by atoms with Gasteiger partial charge in [-0.05, 0) is 42.8 Å². The zero-order valence-corrected chi connectivity index (χ0v) is 19.5. The highest BCUT2D eigenvalue weighted by atomic mass is 35.5. The van der Waals surface area contributed by atoms with Gasteiger partial charge in [-0.25, -0.2) is 4.79 Å².